The third-order valence-electron chi connectivity index (χ3n) is 6.25. The van der Waals surface area contributed by atoms with Crippen molar-refractivity contribution >= 4 is 5.91 Å². The summed E-state index contributed by atoms with van der Waals surface area (Å²) in [5, 5.41) is 3.22. The average Bonchev–Trinajstić information content (AvgIpc) is 2.62. The Morgan fingerprint density at radius 1 is 1.00 bits per heavy atom. The highest BCUT2D eigenvalue weighted by Crippen LogP contribution is 2.29. The minimum absolute atomic E-state index is 0.235. The topological polar surface area (TPSA) is 41.6 Å². The maximum absolute atomic E-state index is 12.4. The van der Waals surface area contributed by atoms with Crippen LogP contribution in [0.1, 0.15) is 72.6 Å². The number of nitrogens with zero attached hydrogens (tertiary/aromatic N) is 1. The zero-order valence-electron chi connectivity index (χ0n) is 17.6. The highest BCUT2D eigenvalue weighted by Gasteiger charge is 2.26. The van der Waals surface area contributed by atoms with Crippen molar-refractivity contribution in [3.05, 3.63) is 0 Å². The second-order valence-corrected chi connectivity index (χ2v) is 9.30. The van der Waals surface area contributed by atoms with Gasteiger partial charge in [-0.3, -0.25) is 4.79 Å². The van der Waals surface area contributed by atoms with Gasteiger partial charge in [0.25, 0.3) is 0 Å². The van der Waals surface area contributed by atoms with Gasteiger partial charge in [-0.25, -0.2) is 0 Å². The van der Waals surface area contributed by atoms with E-state index in [0.717, 1.165) is 57.8 Å². The number of carbonyl (C=O) groups is 1. The molecule has 152 valence electrons. The van der Waals surface area contributed by atoms with Gasteiger partial charge >= 0.3 is 0 Å². The maximum atomic E-state index is 12.4. The quantitative estimate of drug-likeness (QED) is 0.668. The fourth-order valence-corrected chi connectivity index (χ4v) is 4.36. The molecule has 1 aliphatic carbocycles. The number of piperidine rings is 1. The molecule has 0 bridgehead atoms. The number of rotatable bonds is 9. The van der Waals surface area contributed by atoms with Crippen LogP contribution in [0.25, 0.3) is 0 Å². The first-order valence-electron chi connectivity index (χ1n) is 11.0. The average molecular weight is 367 g/mol. The third-order valence-corrected chi connectivity index (χ3v) is 6.25. The summed E-state index contributed by atoms with van der Waals surface area (Å²) in [7, 11) is 0. The summed E-state index contributed by atoms with van der Waals surface area (Å²) in [4.78, 5) is 15.0. The molecule has 1 aliphatic heterocycles. The molecule has 0 aromatic carbocycles. The Hall–Kier alpha value is -0.610. The second kappa shape index (κ2) is 11.3. The molecular weight excluding hydrogens is 324 g/mol. The number of nitrogens with one attached hydrogen (secondary N) is 1. The molecule has 4 heteroatoms. The van der Waals surface area contributed by atoms with Crippen LogP contribution in [0.5, 0.6) is 0 Å². The predicted octanol–water partition coefficient (Wildman–Crippen LogP) is 4.09. The van der Waals surface area contributed by atoms with Gasteiger partial charge < -0.3 is 15.0 Å². The summed E-state index contributed by atoms with van der Waals surface area (Å²) >= 11 is 0. The van der Waals surface area contributed by atoms with Crippen molar-refractivity contribution in [1.82, 2.24) is 10.2 Å². The number of hydrogen-bond donors (Lipinski definition) is 1. The van der Waals surface area contributed by atoms with E-state index in [-0.39, 0.29) is 5.92 Å². The molecule has 1 N–H and O–H groups in total. The fourth-order valence-electron chi connectivity index (χ4n) is 4.36. The molecule has 26 heavy (non-hydrogen) atoms. The Morgan fingerprint density at radius 3 is 2.23 bits per heavy atom. The van der Waals surface area contributed by atoms with E-state index < -0.39 is 0 Å². The minimum atomic E-state index is 0.235. The number of likely N-dealkylation sites (tertiary alicyclic amines) is 1. The van der Waals surface area contributed by atoms with E-state index in [2.05, 4.69) is 37.9 Å². The first kappa shape index (κ1) is 21.7. The monoisotopic (exact) mass is 366 g/mol. The molecule has 0 radical (unpaired) electrons. The van der Waals surface area contributed by atoms with Crippen molar-refractivity contribution < 1.29 is 9.53 Å². The normalized spacial score (nSPS) is 25.8. The van der Waals surface area contributed by atoms with Gasteiger partial charge in [0.15, 0.2) is 0 Å². The highest BCUT2D eigenvalue weighted by molar-refractivity contribution is 5.78. The summed E-state index contributed by atoms with van der Waals surface area (Å²) in [6, 6.07) is 0.668. The van der Waals surface area contributed by atoms with Crippen LogP contribution in [0, 0.1) is 23.7 Å². The Morgan fingerprint density at radius 2 is 1.65 bits per heavy atom. The second-order valence-electron chi connectivity index (χ2n) is 9.30. The summed E-state index contributed by atoms with van der Waals surface area (Å²) in [5.41, 5.74) is 0. The van der Waals surface area contributed by atoms with Gasteiger partial charge in [0, 0.05) is 31.7 Å². The maximum Gasteiger partial charge on any atom is 0.223 e. The number of ether oxygens (including phenoxy) is 1. The summed E-state index contributed by atoms with van der Waals surface area (Å²) < 4.78 is 5.78. The van der Waals surface area contributed by atoms with E-state index in [4.69, 9.17) is 4.74 Å². The van der Waals surface area contributed by atoms with Crippen molar-refractivity contribution in [2.45, 2.75) is 78.7 Å². The lowest BCUT2D eigenvalue weighted by Gasteiger charge is -2.34. The zero-order valence-corrected chi connectivity index (χ0v) is 17.6. The van der Waals surface area contributed by atoms with E-state index in [1.807, 2.05) is 0 Å². The van der Waals surface area contributed by atoms with Crippen LogP contribution in [0.15, 0.2) is 0 Å². The van der Waals surface area contributed by atoms with Gasteiger partial charge in [-0.15, -0.1) is 0 Å². The van der Waals surface area contributed by atoms with Crippen molar-refractivity contribution in [3.8, 4) is 0 Å². The van der Waals surface area contributed by atoms with Crippen molar-refractivity contribution in [2.24, 2.45) is 23.7 Å². The molecule has 4 nitrogen and oxygen atoms in total. The van der Waals surface area contributed by atoms with Crippen LogP contribution < -0.4 is 5.32 Å². The van der Waals surface area contributed by atoms with E-state index >= 15 is 0 Å². The van der Waals surface area contributed by atoms with Crippen molar-refractivity contribution in [1.29, 1.82) is 0 Å². The van der Waals surface area contributed by atoms with Crippen LogP contribution >= 0.6 is 0 Å². The fraction of sp³-hybridized carbons (Fsp3) is 0.955. The first-order chi connectivity index (χ1) is 12.5. The Kier molecular flexibility index (Phi) is 9.41. The van der Waals surface area contributed by atoms with E-state index in [1.54, 1.807) is 0 Å². The SMILES string of the molecule is CC(C)COCC1CCC(C(=O)NCCC2CCN(C(C)C)CC2)CC1. The van der Waals surface area contributed by atoms with Crippen LogP contribution in [0.3, 0.4) is 0 Å². The highest BCUT2D eigenvalue weighted by atomic mass is 16.5. The van der Waals surface area contributed by atoms with Gasteiger partial charge in [0.05, 0.1) is 0 Å². The predicted molar refractivity (Wildman–Crippen MR) is 108 cm³/mol. The molecule has 0 atom stereocenters. The first-order valence-corrected chi connectivity index (χ1v) is 11.0. The van der Waals surface area contributed by atoms with Crippen molar-refractivity contribution in [3.63, 3.8) is 0 Å². The van der Waals surface area contributed by atoms with Crippen LogP contribution in [-0.2, 0) is 9.53 Å². The lowest BCUT2D eigenvalue weighted by molar-refractivity contribution is -0.126. The third kappa shape index (κ3) is 7.56. The number of amides is 1. The summed E-state index contributed by atoms with van der Waals surface area (Å²) in [6.07, 6.45) is 8.08. The van der Waals surface area contributed by atoms with E-state index in [0.29, 0.717) is 23.8 Å². The molecule has 0 unspecified atom stereocenters. The van der Waals surface area contributed by atoms with Gasteiger partial charge in [-0.1, -0.05) is 13.8 Å². The Balaban J connectivity index is 1.54. The van der Waals surface area contributed by atoms with E-state index in [1.165, 1.54) is 25.9 Å². The molecule has 2 rings (SSSR count). The molecule has 0 spiro atoms. The molecule has 0 aromatic rings. The van der Waals surface area contributed by atoms with Crippen LogP contribution in [-0.4, -0.2) is 49.7 Å². The Labute approximate surface area is 161 Å². The molecule has 0 aromatic heterocycles. The van der Waals surface area contributed by atoms with Crippen molar-refractivity contribution in [2.75, 3.05) is 32.8 Å². The number of hydrogen-bond acceptors (Lipinski definition) is 3. The van der Waals surface area contributed by atoms with Gasteiger partial charge in [-0.2, -0.15) is 0 Å². The smallest absolute Gasteiger partial charge is 0.223 e. The van der Waals surface area contributed by atoms with Gasteiger partial charge in [-0.05, 0) is 89.6 Å². The molecule has 1 heterocycles. The lowest BCUT2D eigenvalue weighted by atomic mass is 9.82. The Bertz CT molecular complexity index is 395. The van der Waals surface area contributed by atoms with Gasteiger partial charge in [0.1, 0.15) is 0 Å². The van der Waals surface area contributed by atoms with Crippen LogP contribution in [0.4, 0.5) is 0 Å². The minimum Gasteiger partial charge on any atom is -0.381 e. The zero-order chi connectivity index (χ0) is 18.9. The number of carbonyl (C=O) groups excluding carboxylic acids is 1. The molecule has 2 fully saturated rings. The lowest BCUT2D eigenvalue weighted by Crippen LogP contribution is -2.39. The van der Waals surface area contributed by atoms with Crippen LogP contribution in [0.2, 0.25) is 0 Å². The molecule has 1 saturated heterocycles. The van der Waals surface area contributed by atoms with E-state index in [9.17, 15) is 4.79 Å². The summed E-state index contributed by atoms with van der Waals surface area (Å²) in [5.74, 6) is 2.59. The van der Waals surface area contributed by atoms with Gasteiger partial charge in [0.2, 0.25) is 5.91 Å². The molecule has 1 amide bonds. The molecule has 1 saturated carbocycles. The largest absolute Gasteiger partial charge is 0.381 e. The summed E-state index contributed by atoms with van der Waals surface area (Å²) in [6.45, 7) is 14.0. The standard InChI is InChI=1S/C22H42N2O2/c1-17(2)15-26-16-20-5-7-21(8-6-20)22(25)23-12-9-19-10-13-24(14-11-19)18(3)4/h17-21H,5-16H2,1-4H3,(H,23,25). The molecular formula is C22H42N2O2. The molecule has 2 aliphatic rings.